The van der Waals surface area contributed by atoms with Crippen LogP contribution in [0.15, 0.2) is 11.4 Å². The number of thiophene rings is 1. The number of nitrogens with one attached hydrogen (secondary N) is 1. The minimum absolute atomic E-state index is 0.0530. The molecule has 0 unspecified atom stereocenters. The van der Waals surface area contributed by atoms with E-state index < -0.39 is 5.97 Å². The fraction of sp³-hybridized carbons (Fsp3) is 0.500. The SMILES string of the molecule is Cc1ccsc1CCNC(=O)CCCC(=O)O. The topological polar surface area (TPSA) is 66.4 Å². The third-order valence-corrected chi connectivity index (χ3v) is 3.52. The molecule has 0 bridgehead atoms. The number of aliphatic carboxylic acids is 1. The lowest BCUT2D eigenvalue weighted by molar-refractivity contribution is -0.137. The maximum absolute atomic E-state index is 11.3. The third-order valence-electron chi connectivity index (χ3n) is 2.44. The molecule has 0 radical (unpaired) electrons. The summed E-state index contributed by atoms with van der Waals surface area (Å²) in [6.45, 7) is 2.67. The summed E-state index contributed by atoms with van der Waals surface area (Å²) < 4.78 is 0. The fourth-order valence-electron chi connectivity index (χ4n) is 1.46. The largest absolute Gasteiger partial charge is 0.481 e. The average Bonchev–Trinajstić information content (AvgIpc) is 2.64. The molecular formula is C12H17NO3S. The molecule has 0 atom stereocenters. The van der Waals surface area contributed by atoms with E-state index in [-0.39, 0.29) is 18.7 Å². The number of rotatable bonds is 7. The molecule has 0 aliphatic rings. The second-order valence-corrected chi connectivity index (χ2v) is 4.87. The standard InChI is InChI=1S/C12H17NO3S/c1-9-6-8-17-10(9)5-7-13-11(14)3-2-4-12(15)16/h6,8H,2-5,7H2,1H3,(H,13,14)(H,15,16). The van der Waals surface area contributed by atoms with E-state index in [4.69, 9.17) is 5.11 Å². The van der Waals surface area contributed by atoms with Gasteiger partial charge in [0.25, 0.3) is 0 Å². The Bertz CT molecular complexity index is 387. The second-order valence-electron chi connectivity index (χ2n) is 3.87. The highest BCUT2D eigenvalue weighted by atomic mass is 32.1. The van der Waals surface area contributed by atoms with Crippen LogP contribution in [0.3, 0.4) is 0 Å². The molecule has 0 saturated carbocycles. The van der Waals surface area contributed by atoms with Gasteiger partial charge in [0, 0.05) is 24.3 Å². The summed E-state index contributed by atoms with van der Waals surface area (Å²) in [6, 6.07) is 2.06. The molecular weight excluding hydrogens is 238 g/mol. The molecule has 17 heavy (non-hydrogen) atoms. The van der Waals surface area contributed by atoms with Crippen LogP contribution in [-0.2, 0) is 16.0 Å². The van der Waals surface area contributed by atoms with Crippen molar-refractivity contribution in [3.05, 3.63) is 21.9 Å². The fourth-order valence-corrected chi connectivity index (χ4v) is 2.37. The maximum Gasteiger partial charge on any atom is 0.303 e. The summed E-state index contributed by atoms with van der Waals surface area (Å²) in [5.74, 6) is -0.924. The molecule has 1 aromatic heterocycles. The first-order valence-electron chi connectivity index (χ1n) is 5.61. The lowest BCUT2D eigenvalue weighted by Gasteiger charge is -2.04. The molecule has 0 aliphatic carbocycles. The zero-order valence-electron chi connectivity index (χ0n) is 9.86. The van der Waals surface area contributed by atoms with Crippen molar-refractivity contribution in [3.63, 3.8) is 0 Å². The van der Waals surface area contributed by atoms with Gasteiger partial charge in [-0.15, -0.1) is 11.3 Å². The second kappa shape index (κ2) is 7.06. The van der Waals surface area contributed by atoms with Crippen molar-refractivity contribution in [1.82, 2.24) is 5.32 Å². The monoisotopic (exact) mass is 255 g/mol. The van der Waals surface area contributed by atoms with Crippen molar-refractivity contribution >= 4 is 23.2 Å². The molecule has 0 aromatic carbocycles. The van der Waals surface area contributed by atoms with E-state index in [9.17, 15) is 9.59 Å². The molecule has 0 aliphatic heterocycles. The van der Waals surface area contributed by atoms with E-state index >= 15 is 0 Å². The lowest BCUT2D eigenvalue weighted by Crippen LogP contribution is -2.25. The van der Waals surface area contributed by atoms with Crippen molar-refractivity contribution in [2.24, 2.45) is 0 Å². The van der Waals surface area contributed by atoms with Gasteiger partial charge in [0.2, 0.25) is 5.91 Å². The van der Waals surface area contributed by atoms with E-state index in [0.717, 1.165) is 6.42 Å². The van der Waals surface area contributed by atoms with Gasteiger partial charge in [-0.3, -0.25) is 9.59 Å². The van der Waals surface area contributed by atoms with Gasteiger partial charge in [0.05, 0.1) is 0 Å². The Morgan fingerprint density at radius 3 is 2.76 bits per heavy atom. The average molecular weight is 255 g/mol. The summed E-state index contributed by atoms with van der Waals surface area (Å²) in [5.41, 5.74) is 1.26. The Morgan fingerprint density at radius 2 is 2.18 bits per heavy atom. The summed E-state index contributed by atoms with van der Waals surface area (Å²) in [5, 5.41) is 13.3. The summed E-state index contributed by atoms with van der Waals surface area (Å²) in [7, 11) is 0. The van der Waals surface area contributed by atoms with Crippen LogP contribution in [-0.4, -0.2) is 23.5 Å². The Hall–Kier alpha value is -1.36. The van der Waals surface area contributed by atoms with Gasteiger partial charge in [0.15, 0.2) is 0 Å². The van der Waals surface area contributed by atoms with Gasteiger partial charge in [-0.2, -0.15) is 0 Å². The Labute approximate surface area is 105 Å². The molecule has 1 heterocycles. The molecule has 94 valence electrons. The summed E-state index contributed by atoms with van der Waals surface area (Å²) in [6.07, 6.45) is 1.58. The first-order valence-corrected chi connectivity index (χ1v) is 6.49. The van der Waals surface area contributed by atoms with Crippen molar-refractivity contribution in [3.8, 4) is 0 Å². The molecule has 1 amide bonds. The minimum atomic E-state index is -0.855. The number of carbonyl (C=O) groups is 2. The summed E-state index contributed by atoms with van der Waals surface area (Å²) in [4.78, 5) is 22.9. The zero-order chi connectivity index (χ0) is 12.7. The number of hydrogen-bond donors (Lipinski definition) is 2. The van der Waals surface area contributed by atoms with Gasteiger partial charge in [-0.25, -0.2) is 0 Å². The first-order chi connectivity index (χ1) is 8.09. The van der Waals surface area contributed by atoms with Gasteiger partial charge in [-0.1, -0.05) is 0 Å². The van der Waals surface area contributed by atoms with E-state index in [0.29, 0.717) is 13.0 Å². The maximum atomic E-state index is 11.3. The van der Waals surface area contributed by atoms with E-state index in [2.05, 4.69) is 18.3 Å². The van der Waals surface area contributed by atoms with Gasteiger partial charge >= 0.3 is 5.97 Å². The quantitative estimate of drug-likeness (QED) is 0.782. The number of carboxylic acids is 1. The predicted octanol–water partition coefficient (Wildman–Crippen LogP) is 1.97. The molecule has 4 nitrogen and oxygen atoms in total. The minimum Gasteiger partial charge on any atom is -0.481 e. The Kier molecular flexibility index (Phi) is 5.69. The van der Waals surface area contributed by atoms with Crippen LogP contribution in [0.1, 0.15) is 29.7 Å². The highest BCUT2D eigenvalue weighted by Crippen LogP contribution is 2.15. The van der Waals surface area contributed by atoms with Gasteiger partial charge < -0.3 is 10.4 Å². The zero-order valence-corrected chi connectivity index (χ0v) is 10.7. The van der Waals surface area contributed by atoms with Crippen LogP contribution in [0, 0.1) is 6.92 Å². The normalized spacial score (nSPS) is 10.2. The molecule has 2 N–H and O–H groups in total. The van der Waals surface area contributed by atoms with Crippen LogP contribution in [0.25, 0.3) is 0 Å². The van der Waals surface area contributed by atoms with Crippen LogP contribution in [0.2, 0.25) is 0 Å². The van der Waals surface area contributed by atoms with E-state index in [1.165, 1.54) is 10.4 Å². The van der Waals surface area contributed by atoms with Crippen molar-refractivity contribution in [2.45, 2.75) is 32.6 Å². The number of hydrogen-bond acceptors (Lipinski definition) is 3. The molecule has 1 aromatic rings. The van der Waals surface area contributed by atoms with Crippen molar-refractivity contribution < 1.29 is 14.7 Å². The molecule has 5 heteroatoms. The highest BCUT2D eigenvalue weighted by Gasteiger charge is 2.04. The smallest absolute Gasteiger partial charge is 0.303 e. The van der Waals surface area contributed by atoms with Crippen molar-refractivity contribution in [2.75, 3.05) is 6.54 Å². The lowest BCUT2D eigenvalue weighted by atomic mass is 10.2. The van der Waals surface area contributed by atoms with Crippen LogP contribution in [0.4, 0.5) is 0 Å². The number of aryl methyl sites for hydroxylation is 1. The Morgan fingerprint density at radius 1 is 1.41 bits per heavy atom. The van der Waals surface area contributed by atoms with Crippen LogP contribution in [0.5, 0.6) is 0 Å². The molecule has 1 rings (SSSR count). The number of carboxylic acid groups (broad SMARTS) is 1. The van der Waals surface area contributed by atoms with Crippen LogP contribution >= 0.6 is 11.3 Å². The number of carbonyl (C=O) groups excluding carboxylic acids is 1. The molecule has 0 spiro atoms. The van der Waals surface area contributed by atoms with E-state index in [1.54, 1.807) is 11.3 Å². The van der Waals surface area contributed by atoms with Crippen LogP contribution < -0.4 is 5.32 Å². The van der Waals surface area contributed by atoms with E-state index in [1.807, 2.05) is 5.38 Å². The predicted molar refractivity (Wildman–Crippen MR) is 67.3 cm³/mol. The Balaban J connectivity index is 2.12. The molecule has 0 fully saturated rings. The van der Waals surface area contributed by atoms with Gasteiger partial charge in [0.1, 0.15) is 0 Å². The summed E-state index contributed by atoms with van der Waals surface area (Å²) >= 11 is 1.69. The van der Waals surface area contributed by atoms with Gasteiger partial charge in [-0.05, 0) is 36.8 Å². The third kappa shape index (κ3) is 5.49. The van der Waals surface area contributed by atoms with Crippen molar-refractivity contribution in [1.29, 1.82) is 0 Å². The number of amides is 1. The first kappa shape index (κ1) is 13.7. The molecule has 0 saturated heterocycles. The highest BCUT2D eigenvalue weighted by molar-refractivity contribution is 7.10.